The van der Waals surface area contributed by atoms with Crippen LogP contribution < -0.4 is 5.73 Å². The molecule has 1 atom stereocenters. The summed E-state index contributed by atoms with van der Waals surface area (Å²) in [6.45, 7) is 0. The fourth-order valence-electron chi connectivity index (χ4n) is 2.01. The molecule has 1 aliphatic carbocycles. The van der Waals surface area contributed by atoms with Crippen molar-refractivity contribution in [3.8, 4) is 0 Å². The Morgan fingerprint density at radius 1 is 1.40 bits per heavy atom. The lowest BCUT2D eigenvalue weighted by molar-refractivity contribution is 0.363. The first-order valence-corrected chi connectivity index (χ1v) is 5.55. The standard InChI is InChI=1S/C11H9BrN2O/c12-9-10(15-14-11(9)13)8-5-6-3-1-2-4-7(6)8/h1-4,8H,5H2,(H2,13,14). The van der Waals surface area contributed by atoms with E-state index >= 15 is 0 Å². The Bertz CT molecular complexity index is 521. The van der Waals surface area contributed by atoms with Gasteiger partial charge in [-0.05, 0) is 33.5 Å². The Morgan fingerprint density at radius 3 is 2.87 bits per heavy atom. The van der Waals surface area contributed by atoms with Crippen LogP contribution in [-0.2, 0) is 6.42 Å². The Labute approximate surface area is 95.4 Å². The molecule has 15 heavy (non-hydrogen) atoms. The summed E-state index contributed by atoms with van der Waals surface area (Å²) >= 11 is 3.40. The molecule has 0 saturated carbocycles. The van der Waals surface area contributed by atoms with Crippen LogP contribution in [0.4, 0.5) is 5.82 Å². The molecule has 0 saturated heterocycles. The van der Waals surface area contributed by atoms with Crippen LogP contribution in [-0.4, -0.2) is 5.16 Å². The number of nitrogens with zero attached hydrogens (tertiary/aromatic N) is 1. The highest BCUT2D eigenvalue weighted by molar-refractivity contribution is 9.10. The molecule has 0 amide bonds. The number of hydrogen-bond donors (Lipinski definition) is 1. The zero-order valence-corrected chi connectivity index (χ0v) is 9.49. The molecular weight excluding hydrogens is 256 g/mol. The van der Waals surface area contributed by atoms with Crippen molar-refractivity contribution in [3.63, 3.8) is 0 Å². The third-order valence-electron chi connectivity index (χ3n) is 2.85. The Morgan fingerprint density at radius 2 is 2.20 bits per heavy atom. The lowest BCUT2D eigenvalue weighted by Gasteiger charge is -2.27. The molecule has 0 spiro atoms. The van der Waals surface area contributed by atoms with Crippen LogP contribution >= 0.6 is 15.9 Å². The van der Waals surface area contributed by atoms with E-state index < -0.39 is 0 Å². The number of rotatable bonds is 1. The summed E-state index contributed by atoms with van der Waals surface area (Å²) in [5, 5.41) is 3.75. The number of nitrogen functional groups attached to an aromatic ring is 1. The molecule has 1 unspecified atom stereocenters. The van der Waals surface area contributed by atoms with E-state index in [1.165, 1.54) is 11.1 Å². The Balaban J connectivity index is 2.03. The van der Waals surface area contributed by atoms with Crippen LogP contribution in [0.5, 0.6) is 0 Å². The van der Waals surface area contributed by atoms with Crippen LogP contribution in [0.2, 0.25) is 0 Å². The predicted octanol–water partition coefficient (Wildman–Crippen LogP) is 2.71. The van der Waals surface area contributed by atoms with E-state index in [1.54, 1.807) is 0 Å². The average molecular weight is 265 g/mol. The summed E-state index contributed by atoms with van der Waals surface area (Å²) in [7, 11) is 0. The molecule has 2 aromatic rings. The number of anilines is 1. The van der Waals surface area contributed by atoms with Crippen molar-refractivity contribution >= 4 is 21.7 Å². The summed E-state index contributed by atoms with van der Waals surface area (Å²) in [6, 6.07) is 8.35. The first-order chi connectivity index (χ1) is 7.27. The molecule has 1 aliphatic rings. The lowest BCUT2D eigenvalue weighted by Crippen LogP contribution is -2.17. The van der Waals surface area contributed by atoms with Crippen molar-refractivity contribution in [2.45, 2.75) is 12.3 Å². The quantitative estimate of drug-likeness (QED) is 0.862. The van der Waals surface area contributed by atoms with E-state index in [-0.39, 0.29) is 0 Å². The van der Waals surface area contributed by atoms with Crippen molar-refractivity contribution in [1.82, 2.24) is 5.16 Å². The van der Waals surface area contributed by atoms with E-state index in [2.05, 4.69) is 39.3 Å². The Hall–Kier alpha value is -1.29. The van der Waals surface area contributed by atoms with Crippen molar-refractivity contribution < 1.29 is 4.52 Å². The second-order valence-corrected chi connectivity index (χ2v) is 4.49. The highest BCUT2D eigenvalue weighted by atomic mass is 79.9. The topological polar surface area (TPSA) is 52.0 Å². The van der Waals surface area contributed by atoms with Gasteiger partial charge in [-0.25, -0.2) is 0 Å². The molecular formula is C11H9BrN2O. The molecule has 3 rings (SSSR count). The van der Waals surface area contributed by atoms with Crippen LogP contribution in [0.25, 0.3) is 0 Å². The van der Waals surface area contributed by atoms with E-state index in [0.717, 1.165) is 16.7 Å². The second-order valence-electron chi connectivity index (χ2n) is 3.70. The fraction of sp³-hybridized carbons (Fsp3) is 0.182. The molecule has 1 heterocycles. The molecule has 0 aliphatic heterocycles. The maximum Gasteiger partial charge on any atom is 0.181 e. The molecule has 0 radical (unpaired) electrons. The van der Waals surface area contributed by atoms with E-state index in [0.29, 0.717) is 11.7 Å². The highest BCUT2D eigenvalue weighted by Crippen LogP contribution is 2.43. The van der Waals surface area contributed by atoms with Gasteiger partial charge in [-0.3, -0.25) is 0 Å². The van der Waals surface area contributed by atoms with E-state index in [4.69, 9.17) is 10.3 Å². The van der Waals surface area contributed by atoms with Crippen molar-refractivity contribution in [3.05, 3.63) is 45.6 Å². The number of fused-ring (bicyclic) bond motifs is 1. The van der Waals surface area contributed by atoms with Crippen molar-refractivity contribution in [2.24, 2.45) is 0 Å². The molecule has 1 aromatic heterocycles. The predicted molar refractivity (Wildman–Crippen MR) is 60.6 cm³/mol. The van der Waals surface area contributed by atoms with Gasteiger partial charge in [0.15, 0.2) is 11.6 Å². The molecule has 0 bridgehead atoms. The number of aromatic nitrogens is 1. The van der Waals surface area contributed by atoms with E-state index in [1.807, 2.05) is 6.07 Å². The van der Waals surface area contributed by atoms with Crippen molar-refractivity contribution in [1.29, 1.82) is 0 Å². The zero-order valence-electron chi connectivity index (χ0n) is 7.90. The van der Waals surface area contributed by atoms with E-state index in [9.17, 15) is 0 Å². The number of nitrogens with two attached hydrogens (primary N) is 1. The fourth-order valence-corrected chi connectivity index (χ4v) is 2.44. The number of halogens is 1. The first-order valence-electron chi connectivity index (χ1n) is 4.75. The minimum atomic E-state index is 0.306. The van der Waals surface area contributed by atoms with Gasteiger partial charge in [0.1, 0.15) is 4.47 Å². The summed E-state index contributed by atoms with van der Waals surface area (Å²) in [4.78, 5) is 0. The molecule has 0 fully saturated rings. The van der Waals surface area contributed by atoms with Gasteiger partial charge in [0.2, 0.25) is 0 Å². The largest absolute Gasteiger partial charge is 0.380 e. The van der Waals surface area contributed by atoms with Gasteiger partial charge in [-0.2, -0.15) is 0 Å². The summed E-state index contributed by atoms with van der Waals surface area (Å²) in [5.41, 5.74) is 8.32. The van der Waals surface area contributed by atoms with Crippen LogP contribution in [0, 0.1) is 0 Å². The third-order valence-corrected chi connectivity index (χ3v) is 3.65. The molecule has 1 aromatic carbocycles. The highest BCUT2D eigenvalue weighted by Gasteiger charge is 2.32. The van der Waals surface area contributed by atoms with Gasteiger partial charge < -0.3 is 10.3 Å². The third kappa shape index (κ3) is 1.21. The molecule has 76 valence electrons. The molecule has 3 nitrogen and oxygen atoms in total. The van der Waals surface area contributed by atoms with Gasteiger partial charge in [0, 0.05) is 0 Å². The molecule has 2 N–H and O–H groups in total. The summed E-state index contributed by atoms with van der Waals surface area (Å²) < 4.78 is 6.03. The first kappa shape index (κ1) is 8.97. The van der Waals surface area contributed by atoms with Crippen LogP contribution in [0.15, 0.2) is 33.3 Å². The second kappa shape index (κ2) is 3.10. The van der Waals surface area contributed by atoms with Gasteiger partial charge in [-0.15, -0.1) is 0 Å². The monoisotopic (exact) mass is 264 g/mol. The van der Waals surface area contributed by atoms with Gasteiger partial charge in [0.05, 0.1) is 5.92 Å². The summed E-state index contributed by atoms with van der Waals surface area (Å²) in [6.07, 6.45) is 1.00. The summed E-state index contributed by atoms with van der Waals surface area (Å²) in [5.74, 6) is 1.57. The maximum atomic E-state index is 5.63. The zero-order chi connectivity index (χ0) is 10.4. The number of benzene rings is 1. The SMILES string of the molecule is Nc1noc(C2Cc3ccccc32)c1Br. The number of hydrogen-bond acceptors (Lipinski definition) is 3. The van der Waals surface area contributed by atoms with Gasteiger partial charge >= 0.3 is 0 Å². The van der Waals surface area contributed by atoms with Crippen LogP contribution in [0.1, 0.15) is 22.8 Å². The van der Waals surface area contributed by atoms with Gasteiger partial charge in [0.25, 0.3) is 0 Å². The Kier molecular flexibility index (Phi) is 1.85. The average Bonchev–Trinajstić information content (AvgIpc) is 2.52. The van der Waals surface area contributed by atoms with Gasteiger partial charge in [-0.1, -0.05) is 29.4 Å². The van der Waals surface area contributed by atoms with Crippen LogP contribution in [0.3, 0.4) is 0 Å². The maximum absolute atomic E-state index is 5.63. The normalized spacial score (nSPS) is 18.3. The molecule has 4 heteroatoms. The minimum Gasteiger partial charge on any atom is -0.380 e. The van der Waals surface area contributed by atoms with Crippen molar-refractivity contribution in [2.75, 3.05) is 5.73 Å². The smallest absolute Gasteiger partial charge is 0.181 e. The minimum absolute atomic E-state index is 0.306. The lowest BCUT2D eigenvalue weighted by atomic mass is 9.76.